The van der Waals surface area contributed by atoms with Gasteiger partial charge in [-0.25, -0.2) is 0 Å². The van der Waals surface area contributed by atoms with Gasteiger partial charge < -0.3 is 24.8 Å². The molecule has 0 saturated carbocycles. The summed E-state index contributed by atoms with van der Waals surface area (Å²) < 4.78 is 4.02. The van der Waals surface area contributed by atoms with E-state index in [0.717, 1.165) is 0 Å². The number of rotatable bonds is 4. The fourth-order valence-electron chi connectivity index (χ4n) is 10.8. The second kappa shape index (κ2) is 13.0. The normalized spacial score (nSPS) is 17.7. The second-order valence-electron chi connectivity index (χ2n) is 15.3. The van der Waals surface area contributed by atoms with E-state index in [1.807, 2.05) is 0 Å². The Hall–Kier alpha value is -4.26. The number of allylic oxidation sites excluding steroid dienone is 2. The standard InChI is InChI=1S/2C24H17.C2H4.2ClH.Zr/c2*1-16-15-19-8-3-5-11-21(19)23(16)22-12-6-9-18-14-13-17-7-2-4-10-20(17)24(18)22;1-2;;;/h2*2-15H,1H3;1-2H2;2*1H;/q;;;;;+2/p-2. The van der Waals surface area contributed by atoms with Crippen molar-refractivity contribution < 1.29 is 45.1 Å². The van der Waals surface area contributed by atoms with E-state index in [9.17, 15) is 0 Å². The van der Waals surface area contributed by atoms with Crippen LogP contribution in [0.2, 0.25) is 8.26 Å². The van der Waals surface area contributed by atoms with E-state index in [4.69, 9.17) is 0 Å². The van der Waals surface area contributed by atoms with Crippen LogP contribution in [-0.4, -0.2) is 0 Å². The molecule has 11 rings (SSSR count). The van der Waals surface area contributed by atoms with Crippen LogP contribution >= 0.6 is 0 Å². The molecule has 8 aromatic carbocycles. The van der Waals surface area contributed by atoms with Gasteiger partial charge in [0.2, 0.25) is 0 Å². The number of halogens is 2. The predicted molar refractivity (Wildman–Crippen MR) is 214 cm³/mol. The Labute approximate surface area is 328 Å². The van der Waals surface area contributed by atoms with Crippen LogP contribution in [0.1, 0.15) is 54.5 Å². The summed E-state index contributed by atoms with van der Waals surface area (Å²) in [6.45, 7) is 5.03. The molecule has 256 valence electrons. The zero-order valence-electron chi connectivity index (χ0n) is 29.8. The number of hydrogen-bond donors (Lipinski definition) is 0. The van der Waals surface area contributed by atoms with Gasteiger partial charge in [-0.3, -0.25) is 0 Å². The first-order valence-electron chi connectivity index (χ1n) is 18.6. The average Bonchev–Trinajstić information content (AvgIpc) is 3.81. The molecule has 0 spiro atoms. The summed E-state index contributed by atoms with van der Waals surface area (Å²) in [5, 5.41) is 10.8. The van der Waals surface area contributed by atoms with E-state index in [1.54, 1.807) is 22.3 Å². The zero-order chi connectivity index (χ0) is 33.8. The molecule has 0 amide bonds. The average molecular weight is 801 g/mol. The summed E-state index contributed by atoms with van der Waals surface area (Å²) in [5.41, 5.74) is 15.2. The Morgan fingerprint density at radius 2 is 0.736 bits per heavy atom. The fraction of sp³-hybridized carbons (Fsp3) is 0.120. The smallest absolute Gasteiger partial charge is 1.00 e. The monoisotopic (exact) mass is 798 g/mol. The van der Waals surface area contributed by atoms with Crippen LogP contribution in [0.5, 0.6) is 0 Å². The topological polar surface area (TPSA) is 0 Å². The maximum Gasteiger partial charge on any atom is -1.00 e. The minimum atomic E-state index is -2.97. The van der Waals surface area contributed by atoms with E-state index in [2.05, 4.69) is 172 Å². The third-order valence-corrected chi connectivity index (χ3v) is 26.2. The molecule has 1 fully saturated rings. The van der Waals surface area contributed by atoms with Crippen LogP contribution in [0.25, 0.3) is 54.2 Å². The third-order valence-electron chi connectivity index (χ3n) is 12.8. The van der Waals surface area contributed by atoms with Gasteiger partial charge >= 0.3 is 306 Å². The molecular formula is C50H38Cl2Zr. The van der Waals surface area contributed by atoms with Gasteiger partial charge in [0.15, 0.2) is 0 Å². The number of hydrogen-bond acceptors (Lipinski definition) is 0. The van der Waals surface area contributed by atoms with Gasteiger partial charge in [0.1, 0.15) is 0 Å². The predicted octanol–water partition coefficient (Wildman–Crippen LogP) is 7.76. The molecule has 53 heavy (non-hydrogen) atoms. The molecule has 1 heterocycles. The van der Waals surface area contributed by atoms with Crippen molar-refractivity contribution in [2.45, 2.75) is 29.4 Å². The van der Waals surface area contributed by atoms with Gasteiger partial charge in [0.05, 0.1) is 0 Å². The molecule has 1 saturated heterocycles. The largest absolute Gasteiger partial charge is 1.00 e. The van der Waals surface area contributed by atoms with Crippen LogP contribution in [0.4, 0.5) is 0 Å². The molecular weight excluding hydrogens is 763 g/mol. The number of fused-ring (bicyclic) bond motifs is 8. The van der Waals surface area contributed by atoms with Crippen molar-refractivity contribution >= 4 is 54.2 Å². The van der Waals surface area contributed by atoms with E-state index < -0.39 is 20.3 Å². The third kappa shape index (κ3) is 4.90. The molecule has 0 aromatic heterocycles. The SMILES string of the molecule is CC1=C(c2cccc3ccc4ccccc4c23)c2ccccc2[CH]1[Zr+2]1([CH]2C(C)=C(c3cccc4ccc5ccccc5c34)c3ccccc32)[CH2][CH2]1.[Cl-].[Cl-]. The van der Waals surface area contributed by atoms with E-state index in [0.29, 0.717) is 7.25 Å². The fourth-order valence-corrected chi connectivity index (χ4v) is 28.5. The van der Waals surface area contributed by atoms with E-state index in [1.165, 1.54) is 84.7 Å². The Bertz CT molecular complexity index is 2660. The molecule has 0 bridgehead atoms. The van der Waals surface area contributed by atoms with Gasteiger partial charge in [-0.05, 0) is 0 Å². The summed E-state index contributed by atoms with van der Waals surface area (Å²) >= 11 is -2.97. The van der Waals surface area contributed by atoms with Crippen molar-refractivity contribution in [3.8, 4) is 0 Å². The Balaban J connectivity index is 0.00000186. The van der Waals surface area contributed by atoms with Crippen LogP contribution < -0.4 is 24.8 Å². The van der Waals surface area contributed by atoms with E-state index >= 15 is 0 Å². The molecule has 0 nitrogen and oxygen atoms in total. The van der Waals surface area contributed by atoms with Crippen LogP contribution in [0.15, 0.2) is 169 Å². The van der Waals surface area contributed by atoms with E-state index in [-0.39, 0.29) is 24.8 Å². The second-order valence-corrected chi connectivity index (χ2v) is 26.6. The van der Waals surface area contributed by atoms with Crippen LogP contribution in [0.3, 0.4) is 0 Å². The zero-order valence-corrected chi connectivity index (χ0v) is 33.8. The Morgan fingerprint density at radius 1 is 0.377 bits per heavy atom. The summed E-state index contributed by atoms with van der Waals surface area (Å²) in [6, 6.07) is 60.0. The first kappa shape index (κ1) is 34.5. The van der Waals surface area contributed by atoms with Crippen molar-refractivity contribution in [3.63, 3.8) is 0 Å². The molecule has 0 N–H and O–H groups in total. The van der Waals surface area contributed by atoms with Crippen molar-refractivity contribution in [1.82, 2.24) is 0 Å². The minimum absolute atomic E-state index is 0. The summed E-state index contributed by atoms with van der Waals surface area (Å²) in [5.74, 6) is 0. The summed E-state index contributed by atoms with van der Waals surface area (Å²) in [7, 11) is 0. The van der Waals surface area contributed by atoms with Crippen molar-refractivity contribution in [2.75, 3.05) is 0 Å². The van der Waals surface area contributed by atoms with Gasteiger partial charge in [-0.2, -0.15) is 0 Å². The summed E-state index contributed by atoms with van der Waals surface area (Å²) in [6.07, 6.45) is 0. The minimum Gasteiger partial charge on any atom is -1.00 e. The number of benzene rings is 8. The van der Waals surface area contributed by atoms with Crippen molar-refractivity contribution in [1.29, 1.82) is 0 Å². The molecule has 0 radical (unpaired) electrons. The maximum atomic E-state index is 2.51. The molecule has 3 heteroatoms. The molecule has 2 unspecified atom stereocenters. The maximum absolute atomic E-state index is 2.97. The van der Waals surface area contributed by atoms with Gasteiger partial charge in [0, 0.05) is 0 Å². The molecule has 2 atom stereocenters. The van der Waals surface area contributed by atoms with Gasteiger partial charge in [0.25, 0.3) is 0 Å². The molecule has 1 aliphatic heterocycles. The van der Waals surface area contributed by atoms with Crippen molar-refractivity contribution in [3.05, 3.63) is 202 Å². The summed E-state index contributed by atoms with van der Waals surface area (Å²) in [4.78, 5) is 0. The molecule has 3 aliphatic rings. The van der Waals surface area contributed by atoms with Crippen molar-refractivity contribution in [2.24, 2.45) is 0 Å². The molecule has 8 aromatic rings. The Kier molecular flexibility index (Phi) is 8.43. The van der Waals surface area contributed by atoms with Crippen LogP contribution in [-0.2, 0) is 20.3 Å². The first-order valence-corrected chi connectivity index (χ1v) is 24.9. The van der Waals surface area contributed by atoms with Crippen LogP contribution in [0, 0.1) is 0 Å². The Morgan fingerprint density at radius 3 is 1.19 bits per heavy atom. The van der Waals surface area contributed by atoms with Gasteiger partial charge in [-0.15, -0.1) is 0 Å². The first-order chi connectivity index (χ1) is 25.1. The quantitative estimate of drug-likeness (QED) is 0.160. The molecule has 2 aliphatic carbocycles. The van der Waals surface area contributed by atoms with Gasteiger partial charge in [-0.1, -0.05) is 0 Å².